The molecule has 11 nitrogen and oxygen atoms in total. The fraction of sp³-hybridized carbons (Fsp3) is 0.581. The number of anilines is 2. The summed E-state index contributed by atoms with van der Waals surface area (Å²) in [4.78, 5) is 18.3. The van der Waals surface area contributed by atoms with Crippen molar-refractivity contribution in [1.29, 1.82) is 0 Å². The lowest BCUT2D eigenvalue weighted by Gasteiger charge is -2.37. The molecule has 4 saturated heterocycles. The van der Waals surface area contributed by atoms with E-state index in [4.69, 9.17) is 20.4 Å². The molecular formula is C31H36F2N8O3S2. The third-order valence-corrected chi connectivity index (χ3v) is 13.3. The Hall–Kier alpha value is -3.14. The van der Waals surface area contributed by atoms with Crippen LogP contribution in [-0.4, -0.2) is 95.7 Å². The van der Waals surface area contributed by atoms with E-state index >= 15 is 0 Å². The van der Waals surface area contributed by atoms with Crippen molar-refractivity contribution in [2.75, 3.05) is 50.0 Å². The second-order valence-electron chi connectivity index (χ2n) is 13.8. The Kier molecular flexibility index (Phi) is 6.58. The molecule has 9 rings (SSSR count). The number of sulfonamides is 1. The van der Waals surface area contributed by atoms with E-state index in [2.05, 4.69) is 20.1 Å². The average Bonchev–Trinajstić information content (AvgIpc) is 3.28. The summed E-state index contributed by atoms with van der Waals surface area (Å²) < 4.78 is 67.1. The van der Waals surface area contributed by atoms with Gasteiger partial charge < -0.3 is 20.7 Å². The Morgan fingerprint density at radius 2 is 1.91 bits per heavy atom. The van der Waals surface area contributed by atoms with Gasteiger partial charge >= 0.3 is 6.01 Å². The number of thiazole rings is 1. The number of aromatic nitrogens is 3. The van der Waals surface area contributed by atoms with E-state index in [-0.39, 0.29) is 51.0 Å². The smallest absolute Gasteiger partial charge is 0.319 e. The number of hydrogen-bond donors (Lipinski definition) is 2. The lowest BCUT2D eigenvalue weighted by molar-refractivity contribution is 0.107. The highest BCUT2D eigenvalue weighted by atomic mass is 32.2. The molecule has 1 saturated carbocycles. The number of nitrogens with two attached hydrogens (primary N) is 1. The molecule has 5 aliphatic heterocycles. The molecule has 4 atom stereocenters. The van der Waals surface area contributed by atoms with Crippen molar-refractivity contribution in [1.82, 2.24) is 29.5 Å². The quantitative estimate of drug-likeness (QED) is 0.385. The van der Waals surface area contributed by atoms with Gasteiger partial charge in [-0.15, -0.1) is 0 Å². The molecule has 0 amide bonds. The molecule has 46 heavy (non-hydrogen) atoms. The normalized spacial score (nSPS) is 30.1. The van der Waals surface area contributed by atoms with Gasteiger partial charge in [0.2, 0.25) is 0 Å². The molecule has 5 fully saturated rings. The van der Waals surface area contributed by atoms with Crippen molar-refractivity contribution in [3.05, 3.63) is 29.2 Å². The van der Waals surface area contributed by atoms with Crippen LogP contribution in [0.15, 0.2) is 17.0 Å². The second kappa shape index (κ2) is 10.4. The largest absolute Gasteiger partial charge is 0.461 e. The molecular weight excluding hydrogens is 635 g/mol. The fourth-order valence-electron chi connectivity index (χ4n) is 8.26. The lowest BCUT2D eigenvalue weighted by Crippen LogP contribution is -2.52. The van der Waals surface area contributed by atoms with Crippen molar-refractivity contribution in [3.8, 4) is 6.01 Å². The number of piperazine rings is 1. The highest BCUT2D eigenvalue weighted by molar-refractivity contribution is 7.89. The lowest BCUT2D eigenvalue weighted by atomic mass is 9.95. The summed E-state index contributed by atoms with van der Waals surface area (Å²) >= 11 is 1.03. The topological polar surface area (TPSA) is 130 Å². The molecule has 2 unspecified atom stereocenters. The molecule has 0 radical (unpaired) electrons. The molecule has 6 aliphatic rings. The van der Waals surface area contributed by atoms with Gasteiger partial charge in [0.05, 0.1) is 27.1 Å². The minimum atomic E-state index is -4.16. The number of hydrogen-bond acceptors (Lipinski definition) is 11. The third kappa shape index (κ3) is 4.67. The zero-order chi connectivity index (χ0) is 31.4. The third-order valence-electron chi connectivity index (χ3n) is 10.6. The molecule has 1 aromatic carbocycles. The highest BCUT2D eigenvalue weighted by Gasteiger charge is 2.50. The first-order chi connectivity index (χ1) is 22.2. The number of ether oxygens (including phenoxy) is 1. The number of halogens is 2. The van der Waals surface area contributed by atoms with Crippen LogP contribution in [0.4, 0.5) is 19.7 Å². The van der Waals surface area contributed by atoms with Crippen LogP contribution in [0.5, 0.6) is 6.01 Å². The van der Waals surface area contributed by atoms with E-state index in [1.807, 2.05) is 0 Å². The monoisotopic (exact) mass is 670 g/mol. The standard InChI is InChI=1S/C31H36F2N8O3S2/c32-18-11-31(8-1-9-40(31)13-18)16-44-30-36-23-10-24(21-6-7-22(33)26-25(21)37-29(34)45-26)41(12-17-2-3-17)46(42,43)27(23)28(38-30)39-14-19-4-5-20(15-39)35-19/h6-7,10,17-20,35H,1-5,8-9,11-16H2,(H2,34,37)/t18-,19?,20?,31+/m1/s1. The average molecular weight is 671 g/mol. The summed E-state index contributed by atoms with van der Waals surface area (Å²) in [5.41, 5.74) is 6.99. The summed E-state index contributed by atoms with van der Waals surface area (Å²) in [6, 6.07) is 3.45. The van der Waals surface area contributed by atoms with E-state index in [0.29, 0.717) is 55.2 Å². The minimum absolute atomic E-state index is 0.0621. The summed E-state index contributed by atoms with van der Waals surface area (Å²) in [5, 5.41) is 3.82. The van der Waals surface area contributed by atoms with Crippen molar-refractivity contribution in [2.45, 2.75) is 73.6 Å². The molecule has 3 N–H and O–H groups in total. The summed E-state index contributed by atoms with van der Waals surface area (Å²) in [6.45, 7) is 2.99. The van der Waals surface area contributed by atoms with Crippen LogP contribution >= 0.6 is 11.3 Å². The number of nitrogens with one attached hydrogen (secondary N) is 1. The molecule has 15 heteroatoms. The Labute approximate surface area is 269 Å². The van der Waals surface area contributed by atoms with Crippen molar-refractivity contribution < 1.29 is 21.9 Å². The Balaban J connectivity index is 1.20. The number of benzene rings is 1. The van der Waals surface area contributed by atoms with Gasteiger partial charge in [-0.1, -0.05) is 11.3 Å². The van der Waals surface area contributed by atoms with Gasteiger partial charge in [-0.2, -0.15) is 9.97 Å². The van der Waals surface area contributed by atoms with E-state index in [1.165, 1.54) is 10.4 Å². The van der Waals surface area contributed by atoms with Gasteiger partial charge in [0, 0.05) is 50.2 Å². The van der Waals surface area contributed by atoms with Crippen LogP contribution in [0.3, 0.4) is 0 Å². The number of alkyl halides is 1. The van der Waals surface area contributed by atoms with Crippen LogP contribution in [0.1, 0.15) is 56.2 Å². The number of rotatable bonds is 7. The van der Waals surface area contributed by atoms with Crippen molar-refractivity contribution >= 4 is 54.3 Å². The second-order valence-corrected chi connectivity index (χ2v) is 16.6. The van der Waals surface area contributed by atoms with Crippen molar-refractivity contribution in [3.63, 3.8) is 0 Å². The summed E-state index contributed by atoms with van der Waals surface area (Å²) in [5.74, 6) is 0.0995. The maximum Gasteiger partial charge on any atom is 0.319 e. The predicted molar refractivity (Wildman–Crippen MR) is 171 cm³/mol. The maximum atomic E-state index is 14.9. The van der Waals surface area contributed by atoms with Gasteiger partial charge in [0.1, 0.15) is 18.6 Å². The number of nitrogens with zero attached hydrogens (tertiary/aromatic N) is 6. The van der Waals surface area contributed by atoms with E-state index in [9.17, 15) is 17.2 Å². The Morgan fingerprint density at radius 1 is 1.11 bits per heavy atom. The Morgan fingerprint density at radius 3 is 2.70 bits per heavy atom. The minimum Gasteiger partial charge on any atom is -0.461 e. The predicted octanol–water partition coefficient (Wildman–Crippen LogP) is 3.62. The SMILES string of the molecule is Nc1nc2c(C3=Cc4nc(OC[C@@]56CCCN5C[C@H](F)C6)nc(N5CC6CCC(C5)N6)c4S(=O)(=O)N3CC3CC3)ccc(F)c2s1. The van der Waals surface area contributed by atoms with E-state index < -0.39 is 27.6 Å². The first-order valence-electron chi connectivity index (χ1n) is 16.2. The van der Waals surface area contributed by atoms with Gasteiger partial charge in [0.15, 0.2) is 15.8 Å². The molecule has 2 aromatic heterocycles. The van der Waals surface area contributed by atoms with E-state index in [1.54, 1.807) is 12.1 Å². The van der Waals surface area contributed by atoms with Crippen LogP contribution in [-0.2, 0) is 10.0 Å². The molecule has 244 valence electrons. The zero-order valence-electron chi connectivity index (χ0n) is 25.3. The highest BCUT2D eigenvalue weighted by Crippen LogP contribution is 2.46. The van der Waals surface area contributed by atoms with E-state index in [0.717, 1.165) is 56.4 Å². The molecule has 3 aromatic rings. The molecule has 0 spiro atoms. The van der Waals surface area contributed by atoms with Crippen LogP contribution in [0, 0.1) is 11.7 Å². The number of nitrogen functional groups attached to an aromatic ring is 1. The zero-order valence-corrected chi connectivity index (χ0v) is 26.9. The van der Waals surface area contributed by atoms with Gasteiger partial charge in [0.25, 0.3) is 10.0 Å². The van der Waals surface area contributed by atoms with Crippen molar-refractivity contribution in [2.24, 2.45) is 5.92 Å². The summed E-state index contributed by atoms with van der Waals surface area (Å²) in [7, 11) is -4.16. The van der Waals surface area contributed by atoms with Crippen LogP contribution in [0.2, 0.25) is 0 Å². The first kappa shape index (κ1) is 29.0. The Bertz CT molecular complexity index is 1870. The first-order valence-corrected chi connectivity index (χ1v) is 18.5. The fourth-order valence-corrected chi connectivity index (χ4v) is 10.8. The maximum absolute atomic E-state index is 14.9. The summed E-state index contributed by atoms with van der Waals surface area (Å²) in [6.07, 6.45) is 6.96. The van der Waals surface area contributed by atoms with Gasteiger partial charge in [-0.05, 0) is 69.2 Å². The molecule has 2 bridgehead atoms. The van der Waals surface area contributed by atoms with Gasteiger partial charge in [-0.25, -0.2) is 22.2 Å². The van der Waals surface area contributed by atoms with Crippen LogP contribution < -0.4 is 20.7 Å². The molecule has 7 heterocycles. The van der Waals surface area contributed by atoms with Gasteiger partial charge in [-0.3, -0.25) is 9.21 Å². The molecule has 1 aliphatic carbocycles. The number of fused-ring (bicyclic) bond motifs is 5. The van der Waals surface area contributed by atoms with Crippen LogP contribution in [0.25, 0.3) is 22.0 Å².